The van der Waals surface area contributed by atoms with E-state index in [-0.39, 0.29) is 23.1 Å². The first-order valence-electron chi connectivity index (χ1n) is 7.22. The summed E-state index contributed by atoms with van der Waals surface area (Å²) in [6, 6.07) is -0.0719. The van der Waals surface area contributed by atoms with Crippen molar-refractivity contribution in [3.05, 3.63) is 0 Å². The molecular formula is C15H30N2O2. The largest absolute Gasteiger partial charge is 0.444 e. The second-order valence-electron chi connectivity index (χ2n) is 7.89. The maximum absolute atomic E-state index is 12.0. The van der Waals surface area contributed by atoms with E-state index in [1.165, 1.54) is 0 Å². The first-order valence-corrected chi connectivity index (χ1v) is 7.22. The number of hydrogen-bond acceptors (Lipinski definition) is 3. The molecule has 0 aromatic carbocycles. The average molecular weight is 270 g/mol. The van der Waals surface area contributed by atoms with Crippen molar-refractivity contribution >= 4 is 6.09 Å². The lowest BCUT2D eigenvalue weighted by atomic mass is 9.74. The Labute approximate surface area is 117 Å². The molecule has 1 rings (SSSR count). The zero-order valence-electron chi connectivity index (χ0n) is 13.3. The van der Waals surface area contributed by atoms with E-state index in [2.05, 4.69) is 26.1 Å². The van der Waals surface area contributed by atoms with E-state index in [0.717, 1.165) is 25.7 Å². The quantitative estimate of drug-likeness (QED) is 0.810. The minimum Gasteiger partial charge on any atom is -0.444 e. The molecule has 0 bridgehead atoms. The first kappa shape index (κ1) is 16.3. The Kier molecular flexibility index (Phi) is 4.55. The molecule has 0 heterocycles. The lowest BCUT2D eigenvalue weighted by molar-refractivity contribution is 0.0403. The van der Waals surface area contributed by atoms with Crippen molar-refractivity contribution in [2.45, 2.75) is 84.4 Å². The number of nitrogens with two attached hydrogens (primary N) is 1. The van der Waals surface area contributed by atoms with E-state index in [0.29, 0.717) is 0 Å². The molecular weight excluding hydrogens is 240 g/mol. The third-order valence-electron chi connectivity index (χ3n) is 3.64. The summed E-state index contributed by atoms with van der Waals surface area (Å²) in [6.45, 7) is 11.9. The maximum atomic E-state index is 12.0. The molecule has 19 heavy (non-hydrogen) atoms. The first-order chi connectivity index (χ1) is 8.44. The summed E-state index contributed by atoms with van der Waals surface area (Å²) >= 11 is 0. The minimum atomic E-state index is -0.482. The number of alkyl carbamates (subject to hydrolysis) is 1. The van der Waals surface area contributed by atoms with E-state index in [4.69, 9.17) is 10.5 Å². The third-order valence-corrected chi connectivity index (χ3v) is 3.64. The Morgan fingerprint density at radius 3 is 2.00 bits per heavy atom. The fraction of sp³-hybridized carbons (Fsp3) is 0.933. The van der Waals surface area contributed by atoms with Crippen LogP contribution in [0.5, 0.6) is 0 Å². The Morgan fingerprint density at radius 1 is 1.16 bits per heavy atom. The normalized spacial score (nSPS) is 21.0. The van der Waals surface area contributed by atoms with E-state index in [9.17, 15) is 4.79 Å². The molecule has 0 spiro atoms. The van der Waals surface area contributed by atoms with Gasteiger partial charge in [-0.1, -0.05) is 33.6 Å². The van der Waals surface area contributed by atoms with Gasteiger partial charge in [0, 0.05) is 5.54 Å². The predicted octanol–water partition coefficient (Wildman–Crippen LogP) is 3.20. The fourth-order valence-corrected chi connectivity index (χ4v) is 2.97. The molecule has 4 nitrogen and oxygen atoms in total. The maximum Gasteiger partial charge on any atom is 0.407 e. The molecule has 0 radical (unpaired) electrons. The topological polar surface area (TPSA) is 64.3 Å². The van der Waals surface area contributed by atoms with Crippen molar-refractivity contribution in [1.82, 2.24) is 5.32 Å². The van der Waals surface area contributed by atoms with Gasteiger partial charge in [0.2, 0.25) is 0 Å². The van der Waals surface area contributed by atoms with Crippen LogP contribution in [0.2, 0.25) is 0 Å². The van der Waals surface area contributed by atoms with Crippen molar-refractivity contribution in [3.63, 3.8) is 0 Å². The summed E-state index contributed by atoms with van der Waals surface area (Å²) in [5.41, 5.74) is 5.65. The molecule has 0 aromatic heterocycles. The second kappa shape index (κ2) is 5.31. The SMILES string of the molecule is CC(C)(C)OC(=O)NC(C(C)(C)C)C1(N)CCCC1. The van der Waals surface area contributed by atoms with E-state index in [1.807, 2.05) is 20.8 Å². The van der Waals surface area contributed by atoms with Crippen LogP contribution in [0.1, 0.15) is 67.2 Å². The molecule has 1 unspecified atom stereocenters. The Morgan fingerprint density at radius 2 is 1.63 bits per heavy atom. The van der Waals surface area contributed by atoms with Crippen molar-refractivity contribution < 1.29 is 9.53 Å². The molecule has 0 aromatic rings. The molecule has 4 heteroatoms. The molecule has 1 saturated carbocycles. The summed E-state index contributed by atoms with van der Waals surface area (Å²) < 4.78 is 5.36. The van der Waals surface area contributed by atoms with Crippen LogP contribution in [-0.2, 0) is 4.74 Å². The fourth-order valence-electron chi connectivity index (χ4n) is 2.97. The number of rotatable bonds is 2. The summed E-state index contributed by atoms with van der Waals surface area (Å²) in [5, 5.41) is 3.01. The van der Waals surface area contributed by atoms with Gasteiger partial charge in [-0.25, -0.2) is 4.79 Å². The van der Waals surface area contributed by atoms with Crippen molar-refractivity contribution in [3.8, 4) is 0 Å². The summed E-state index contributed by atoms with van der Waals surface area (Å²) in [6.07, 6.45) is 3.83. The molecule has 1 aliphatic carbocycles. The predicted molar refractivity (Wildman–Crippen MR) is 78.0 cm³/mol. The smallest absolute Gasteiger partial charge is 0.407 e. The van der Waals surface area contributed by atoms with Crippen molar-refractivity contribution in [2.75, 3.05) is 0 Å². The number of hydrogen-bond donors (Lipinski definition) is 2. The van der Waals surface area contributed by atoms with Gasteiger partial charge in [-0.2, -0.15) is 0 Å². The standard InChI is InChI=1S/C15H30N2O2/c1-13(2,3)11(15(16)9-7-8-10-15)17-12(18)19-14(4,5)6/h11H,7-10,16H2,1-6H3,(H,17,18). The van der Waals surface area contributed by atoms with Gasteiger partial charge in [0.1, 0.15) is 5.60 Å². The minimum absolute atomic E-state index is 0.0719. The van der Waals surface area contributed by atoms with Crippen LogP contribution in [0.3, 0.4) is 0 Å². The van der Waals surface area contributed by atoms with Crippen molar-refractivity contribution in [1.29, 1.82) is 0 Å². The molecule has 1 fully saturated rings. The molecule has 1 atom stereocenters. The van der Waals surface area contributed by atoms with Gasteiger partial charge in [0.15, 0.2) is 0 Å². The van der Waals surface area contributed by atoms with Gasteiger partial charge in [-0.15, -0.1) is 0 Å². The van der Waals surface area contributed by atoms with E-state index in [1.54, 1.807) is 0 Å². The molecule has 3 N–H and O–H groups in total. The van der Waals surface area contributed by atoms with Crippen LogP contribution in [0.4, 0.5) is 4.79 Å². The summed E-state index contributed by atoms with van der Waals surface area (Å²) in [4.78, 5) is 12.0. The number of amides is 1. The zero-order chi connectivity index (χ0) is 14.9. The summed E-state index contributed by atoms with van der Waals surface area (Å²) in [5.74, 6) is 0. The molecule has 0 aliphatic heterocycles. The lowest BCUT2D eigenvalue weighted by Gasteiger charge is -2.43. The average Bonchev–Trinajstić information content (AvgIpc) is 2.58. The van der Waals surface area contributed by atoms with Gasteiger partial charge in [-0.05, 0) is 39.0 Å². The van der Waals surface area contributed by atoms with Crippen molar-refractivity contribution in [2.24, 2.45) is 11.1 Å². The third kappa shape index (κ3) is 4.68. The Hall–Kier alpha value is -0.770. The number of carbonyl (C=O) groups excluding carboxylic acids is 1. The Balaban J connectivity index is 2.80. The molecule has 1 aliphatic rings. The Bertz CT molecular complexity index is 320. The molecule has 0 saturated heterocycles. The van der Waals surface area contributed by atoms with E-state index < -0.39 is 5.60 Å². The van der Waals surface area contributed by atoms with Gasteiger partial charge in [0.05, 0.1) is 6.04 Å². The monoisotopic (exact) mass is 270 g/mol. The molecule has 1 amide bonds. The number of carbonyl (C=O) groups is 1. The number of ether oxygens (including phenoxy) is 1. The highest BCUT2D eigenvalue weighted by atomic mass is 16.6. The van der Waals surface area contributed by atoms with Crippen LogP contribution in [0.25, 0.3) is 0 Å². The van der Waals surface area contributed by atoms with Gasteiger partial charge >= 0.3 is 6.09 Å². The number of nitrogens with one attached hydrogen (secondary N) is 1. The second-order valence-corrected chi connectivity index (χ2v) is 7.89. The van der Waals surface area contributed by atoms with Crippen LogP contribution in [-0.4, -0.2) is 23.3 Å². The lowest BCUT2D eigenvalue weighted by Crippen LogP contribution is -2.62. The van der Waals surface area contributed by atoms with Crippen LogP contribution < -0.4 is 11.1 Å². The van der Waals surface area contributed by atoms with Gasteiger partial charge < -0.3 is 15.8 Å². The zero-order valence-corrected chi connectivity index (χ0v) is 13.3. The van der Waals surface area contributed by atoms with Crippen LogP contribution in [0, 0.1) is 5.41 Å². The van der Waals surface area contributed by atoms with Crippen LogP contribution >= 0.6 is 0 Å². The summed E-state index contributed by atoms with van der Waals surface area (Å²) in [7, 11) is 0. The highest BCUT2D eigenvalue weighted by molar-refractivity contribution is 5.68. The van der Waals surface area contributed by atoms with Crippen LogP contribution in [0.15, 0.2) is 0 Å². The highest BCUT2D eigenvalue weighted by Crippen LogP contribution is 2.37. The van der Waals surface area contributed by atoms with Gasteiger partial charge in [-0.3, -0.25) is 0 Å². The van der Waals surface area contributed by atoms with Gasteiger partial charge in [0.25, 0.3) is 0 Å². The molecule has 112 valence electrons. The van der Waals surface area contributed by atoms with E-state index >= 15 is 0 Å². The highest BCUT2D eigenvalue weighted by Gasteiger charge is 2.45.